The second-order valence-corrected chi connectivity index (χ2v) is 6.43. The lowest BCUT2D eigenvalue weighted by atomic mass is 10.2. The Bertz CT molecular complexity index is 824. The highest BCUT2D eigenvalue weighted by molar-refractivity contribution is 14.1. The summed E-state index contributed by atoms with van der Waals surface area (Å²) in [5.41, 5.74) is 2.47. The molecular formula is C19H18IN3O2. The number of carbonyl (C=O) groups is 1. The maximum Gasteiger partial charge on any atom is 0.267 e. The first-order chi connectivity index (χ1) is 12.0. The minimum atomic E-state index is -0.470. The summed E-state index contributed by atoms with van der Waals surface area (Å²) in [6, 6.07) is 14.8. The molecule has 2 N–H and O–H groups in total. The summed E-state index contributed by atoms with van der Waals surface area (Å²) in [5.74, 6) is 0.259. The van der Waals surface area contributed by atoms with E-state index in [0.29, 0.717) is 12.3 Å². The topological polar surface area (TPSA) is 74.1 Å². The van der Waals surface area contributed by atoms with Gasteiger partial charge in [0.1, 0.15) is 17.4 Å². The highest BCUT2D eigenvalue weighted by Crippen LogP contribution is 2.19. The molecule has 2 aromatic rings. The summed E-state index contributed by atoms with van der Waals surface area (Å²) in [6.07, 6.45) is 1.42. The van der Waals surface area contributed by atoms with Crippen molar-refractivity contribution in [1.82, 2.24) is 0 Å². The Balaban J connectivity index is 2.06. The van der Waals surface area contributed by atoms with Crippen molar-refractivity contribution in [3.05, 3.63) is 63.4 Å². The van der Waals surface area contributed by atoms with Crippen LogP contribution in [0.25, 0.3) is 0 Å². The molecular weight excluding hydrogens is 429 g/mol. The smallest absolute Gasteiger partial charge is 0.267 e. The second-order valence-electron chi connectivity index (χ2n) is 5.18. The number of nitriles is 1. The standard InChI is InChI=1S/C19H18IN3O2/c1-3-25-17-7-5-16(6-8-17)23-19(24)14(11-21)12-22-18-9-4-15(20)10-13(18)2/h4-10,12,22H,3H2,1-2H3,(H,23,24)/b14-12-. The minimum absolute atomic E-state index is 0.00756. The highest BCUT2D eigenvalue weighted by Gasteiger charge is 2.09. The summed E-state index contributed by atoms with van der Waals surface area (Å²) >= 11 is 2.23. The van der Waals surface area contributed by atoms with Crippen LogP contribution in [0.2, 0.25) is 0 Å². The van der Waals surface area contributed by atoms with Gasteiger partial charge in [-0.1, -0.05) is 0 Å². The van der Waals surface area contributed by atoms with Crippen LogP contribution in [0.3, 0.4) is 0 Å². The molecule has 0 radical (unpaired) electrons. The molecule has 0 unspecified atom stereocenters. The Morgan fingerprint density at radius 1 is 1.28 bits per heavy atom. The zero-order chi connectivity index (χ0) is 18.2. The van der Waals surface area contributed by atoms with Gasteiger partial charge in [0.2, 0.25) is 0 Å². The number of rotatable bonds is 6. The number of carbonyl (C=O) groups excluding carboxylic acids is 1. The number of anilines is 2. The van der Waals surface area contributed by atoms with E-state index in [1.807, 2.05) is 38.1 Å². The molecule has 2 aromatic carbocycles. The molecule has 6 heteroatoms. The summed E-state index contributed by atoms with van der Waals surface area (Å²) in [6.45, 7) is 4.45. The summed E-state index contributed by atoms with van der Waals surface area (Å²) in [5, 5.41) is 15.0. The first-order valence-electron chi connectivity index (χ1n) is 7.70. The fourth-order valence-corrected chi connectivity index (χ4v) is 2.73. The minimum Gasteiger partial charge on any atom is -0.494 e. The fraction of sp³-hybridized carbons (Fsp3) is 0.158. The molecule has 0 aliphatic rings. The van der Waals surface area contributed by atoms with Crippen molar-refractivity contribution < 1.29 is 9.53 Å². The van der Waals surface area contributed by atoms with Gasteiger partial charge in [0.15, 0.2) is 0 Å². The Morgan fingerprint density at radius 3 is 2.60 bits per heavy atom. The normalized spacial score (nSPS) is 10.7. The highest BCUT2D eigenvalue weighted by atomic mass is 127. The average molecular weight is 447 g/mol. The lowest BCUT2D eigenvalue weighted by molar-refractivity contribution is -0.112. The summed E-state index contributed by atoms with van der Waals surface area (Å²) in [4.78, 5) is 12.2. The molecule has 25 heavy (non-hydrogen) atoms. The summed E-state index contributed by atoms with van der Waals surface area (Å²) < 4.78 is 6.48. The van der Waals surface area contributed by atoms with E-state index < -0.39 is 5.91 Å². The summed E-state index contributed by atoms with van der Waals surface area (Å²) in [7, 11) is 0. The van der Waals surface area contributed by atoms with Crippen LogP contribution < -0.4 is 15.4 Å². The van der Waals surface area contributed by atoms with Crippen molar-refractivity contribution in [2.45, 2.75) is 13.8 Å². The quantitative estimate of drug-likeness (QED) is 0.390. The Hall–Kier alpha value is -2.53. The monoisotopic (exact) mass is 447 g/mol. The molecule has 1 amide bonds. The van der Waals surface area contributed by atoms with Gasteiger partial charge in [0.05, 0.1) is 6.61 Å². The van der Waals surface area contributed by atoms with Crippen LogP contribution in [0.5, 0.6) is 5.75 Å². The average Bonchev–Trinajstić information content (AvgIpc) is 2.59. The third kappa shape index (κ3) is 5.50. The predicted molar refractivity (Wildman–Crippen MR) is 107 cm³/mol. The van der Waals surface area contributed by atoms with Crippen LogP contribution in [0, 0.1) is 21.8 Å². The fourth-order valence-electron chi connectivity index (χ4n) is 2.09. The number of ether oxygens (including phenoxy) is 1. The van der Waals surface area contributed by atoms with Gasteiger partial charge in [-0.25, -0.2) is 0 Å². The molecule has 0 aromatic heterocycles. The predicted octanol–water partition coefficient (Wildman–Crippen LogP) is 4.46. The molecule has 0 atom stereocenters. The molecule has 0 saturated carbocycles. The third-order valence-electron chi connectivity index (χ3n) is 3.35. The van der Waals surface area contributed by atoms with Crippen LogP contribution in [0.15, 0.2) is 54.2 Å². The van der Waals surface area contributed by atoms with E-state index in [1.54, 1.807) is 24.3 Å². The van der Waals surface area contributed by atoms with Crippen LogP contribution in [-0.4, -0.2) is 12.5 Å². The number of aryl methyl sites for hydroxylation is 1. The Morgan fingerprint density at radius 2 is 2.00 bits per heavy atom. The van der Waals surface area contributed by atoms with E-state index in [1.165, 1.54) is 6.20 Å². The maximum absolute atomic E-state index is 12.2. The Kier molecular flexibility index (Phi) is 6.83. The van der Waals surface area contributed by atoms with Crippen molar-refractivity contribution >= 4 is 39.9 Å². The van der Waals surface area contributed by atoms with Gasteiger partial charge in [-0.2, -0.15) is 5.26 Å². The lowest BCUT2D eigenvalue weighted by Crippen LogP contribution is -2.14. The molecule has 0 heterocycles. The van der Waals surface area contributed by atoms with Crippen molar-refractivity contribution in [1.29, 1.82) is 5.26 Å². The van der Waals surface area contributed by atoms with Crippen LogP contribution in [0.4, 0.5) is 11.4 Å². The number of hydrogen-bond acceptors (Lipinski definition) is 4. The van der Waals surface area contributed by atoms with Crippen molar-refractivity contribution in [2.24, 2.45) is 0 Å². The first kappa shape index (κ1) is 18.8. The zero-order valence-electron chi connectivity index (χ0n) is 14.0. The number of nitrogens with one attached hydrogen (secondary N) is 2. The molecule has 0 aliphatic heterocycles. The molecule has 0 fully saturated rings. The van der Waals surface area contributed by atoms with E-state index in [2.05, 4.69) is 33.2 Å². The number of benzene rings is 2. The molecule has 0 spiro atoms. The van der Waals surface area contributed by atoms with Gasteiger partial charge in [-0.15, -0.1) is 0 Å². The molecule has 0 bridgehead atoms. The van der Waals surface area contributed by atoms with E-state index in [4.69, 9.17) is 4.74 Å². The van der Waals surface area contributed by atoms with Gasteiger partial charge in [0, 0.05) is 21.1 Å². The maximum atomic E-state index is 12.2. The van der Waals surface area contributed by atoms with Gasteiger partial charge >= 0.3 is 0 Å². The molecule has 0 saturated heterocycles. The molecule has 2 rings (SSSR count). The van der Waals surface area contributed by atoms with Crippen LogP contribution >= 0.6 is 22.6 Å². The van der Waals surface area contributed by atoms with Crippen molar-refractivity contribution in [2.75, 3.05) is 17.2 Å². The molecule has 128 valence electrons. The van der Waals surface area contributed by atoms with E-state index in [-0.39, 0.29) is 5.57 Å². The Labute approximate surface area is 160 Å². The number of nitrogens with zero attached hydrogens (tertiary/aromatic N) is 1. The van der Waals surface area contributed by atoms with Gasteiger partial charge in [0.25, 0.3) is 5.91 Å². The molecule has 0 aliphatic carbocycles. The second kappa shape index (κ2) is 9.08. The lowest BCUT2D eigenvalue weighted by Gasteiger charge is -2.08. The van der Waals surface area contributed by atoms with Crippen LogP contribution in [-0.2, 0) is 4.79 Å². The van der Waals surface area contributed by atoms with Crippen molar-refractivity contribution in [3.63, 3.8) is 0 Å². The zero-order valence-corrected chi connectivity index (χ0v) is 16.1. The first-order valence-corrected chi connectivity index (χ1v) is 8.78. The van der Waals surface area contributed by atoms with Gasteiger partial charge in [-0.05, 0) is 84.5 Å². The number of halogens is 1. The van der Waals surface area contributed by atoms with Gasteiger partial charge in [-0.3, -0.25) is 4.79 Å². The van der Waals surface area contributed by atoms with E-state index >= 15 is 0 Å². The van der Waals surface area contributed by atoms with Crippen LogP contribution in [0.1, 0.15) is 12.5 Å². The largest absolute Gasteiger partial charge is 0.494 e. The SMILES string of the molecule is CCOc1ccc(NC(=O)/C(C#N)=C\Nc2ccc(I)cc2C)cc1. The van der Waals surface area contributed by atoms with Gasteiger partial charge < -0.3 is 15.4 Å². The molecule has 5 nitrogen and oxygen atoms in total. The van der Waals surface area contributed by atoms with E-state index in [0.717, 1.165) is 20.6 Å². The third-order valence-corrected chi connectivity index (χ3v) is 4.02. The van der Waals surface area contributed by atoms with E-state index in [9.17, 15) is 10.1 Å². The van der Waals surface area contributed by atoms with Crippen molar-refractivity contribution in [3.8, 4) is 11.8 Å². The number of hydrogen-bond donors (Lipinski definition) is 2. The number of amides is 1.